The second-order valence-corrected chi connectivity index (χ2v) is 30.8. The molecule has 10 atom stereocenters. The van der Waals surface area contributed by atoms with E-state index >= 15 is 28.8 Å². The van der Waals surface area contributed by atoms with Gasteiger partial charge in [-0.2, -0.15) is 13.2 Å². The van der Waals surface area contributed by atoms with E-state index in [1.807, 2.05) is 20.8 Å². The van der Waals surface area contributed by atoms with Crippen molar-refractivity contribution in [1.82, 2.24) is 60.0 Å². The summed E-state index contributed by atoms with van der Waals surface area (Å²) in [6.45, 7) is 9.24. The number of fused-ring (bicyclic) bond motifs is 2. The molecule has 0 bridgehead atoms. The van der Waals surface area contributed by atoms with Crippen LogP contribution in [0.4, 0.5) is 13.2 Å². The first-order chi connectivity index (χ1) is 47.7. The number of aryl methyl sites for hydroxylation is 1. The Balaban J connectivity index is 1.17. The largest absolute Gasteiger partial charge is 0.417 e. The van der Waals surface area contributed by atoms with Gasteiger partial charge in [-0.3, -0.25) is 57.5 Å². The summed E-state index contributed by atoms with van der Waals surface area (Å²) in [6.07, 6.45) is 5.80. The molecule has 4 heterocycles. The van der Waals surface area contributed by atoms with Crippen LogP contribution in [0.15, 0.2) is 18.2 Å². The molecular formula is C73H110ClF3N12O12. The van der Waals surface area contributed by atoms with Gasteiger partial charge in [-0.05, 0) is 138 Å². The zero-order valence-electron chi connectivity index (χ0n) is 61.2. The number of nitrogens with one attached hydrogen (secondary N) is 3. The molecule has 0 radical (unpaired) electrons. The van der Waals surface area contributed by atoms with Crippen molar-refractivity contribution < 1.29 is 70.7 Å². The lowest BCUT2D eigenvalue weighted by molar-refractivity contribution is -0.160. The van der Waals surface area contributed by atoms with E-state index in [4.69, 9.17) is 11.6 Å². The van der Waals surface area contributed by atoms with Crippen LogP contribution in [0.2, 0.25) is 5.02 Å². The normalized spacial score (nSPS) is 28.5. The second kappa shape index (κ2) is 34.5. The quantitative estimate of drug-likeness (QED) is 0.224. The summed E-state index contributed by atoms with van der Waals surface area (Å²) >= 11 is 6.17. The number of carbonyl (C=O) groups is 12. The molecule has 3 aliphatic carbocycles. The molecule has 7 aliphatic rings. The van der Waals surface area contributed by atoms with E-state index in [9.17, 15) is 41.9 Å². The van der Waals surface area contributed by atoms with Crippen molar-refractivity contribution in [3.05, 3.63) is 34.3 Å². The van der Waals surface area contributed by atoms with Gasteiger partial charge in [0.05, 0.1) is 23.6 Å². The third-order valence-electron chi connectivity index (χ3n) is 23.1. The molecule has 1 spiro atoms. The van der Waals surface area contributed by atoms with E-state index in [2.05, 4.69) is 16.0 Å². The van der Waals surface area contributed by atoms with E-state index in [0.29, 0.717) is 70.0 Å². The number of likely N-dealkylation sites (tertiary alicyclic amines) is 1. The van der Waals surface area contributed by atoms with Gasteiger partial charge in [-0.15, -0.1) is 0 Å². The fourth-order valence-corrected chi connectivity index (χ4v) is 16.4. The molecular weight excluding hydrogens is 1330 g/mol. The van der Waals surface area contributed by atoms with Gasteiger partial charge in [0.1, 0.15) is 59.9 Å². The Bertz CT molecular complexity index is 3210. The zero-order chi connectivity index (χ0) is 74.1. The lowest BCUT2D eigenvalue weighted by atomic mass is 9.77. The van der Waals surface area contributed by atoms with Gasteiger partial charge < -0.3 is 60.0 Å². The van der Waals surface area contributed by atoms with Gasteiger partial charge in [-0.25, -0.2) is 0 Å². The number of amides is 12. The van der Waals surface area contributed by atoms with E-state index in [1.54, 1.807) is 11.8 Å². The van der Waals surface area contributed by atoms with E-state index < -0.39 is 166 Å². The highest BCUT2D eigenvalue weighted by Crippen LogP contribution is 2.40. The Morgan fingerprint density at radius 2 is 1.28 bits per heavy atom. The molecule has 562 valence electrons. The lowest BCUT2D eigenvalue weighted by Gasteiger charge is -2.45. The number of hydrogen-bond donors (Lipinski definition) is 3. The maximum atomic E-state index is 15.6. The molecule has 1 aromatic rings. The zero-order valence-corrected chi connectivity index (χ0v) is 61.9. The lowest BCUT2D eigenvalue weighted by Crippen LogP contribution is -2.65. The molecule has 4 aliphatic heterocycles. The van der Waals surface area contributed by atoms with Gasteiger partial charge in [0.15, 0.2) is 0 Å². The van der Waals surface area contributed by atoms with Crippen LogP contribution in [-0.4, -0.2) is 250 Å². The van der Waals surface area contributed by atoms with Crippen LogP contribution >= 0.6 is 11.6 Å². The Morgan fingerprint density at radius 3 is 1.86 bits per heavy atom. The van der Waals surface area contributed by atoms with Gasteiger partial charge in [0.25, 0.3) is 0 Å². The summed E-state index contributed by atoms with van der Waals surface area (Å²) in [6, 6.07) is -7.66. The number of hydrogen-bond acceptors (Lipinski definition) is 12. The Labute approximate surface area is 598 Å². The number of benzene rings is 1. The summed E-state index contributed by atoms with van der Waals surface area (Å²) in [7, 11) is 8.73. The summed E-state index contributed by atoms with van der Waals surface area (Å²) in [5, 5.41) is 8.22. The molecule has 24 nitrogen and oxygen atoms in total. The van der Waals surface area contributed by atoms with Gasteiger partial charge >= 0.3 is 6.18 Å². The fourth-order valence-electron chi connectivity index (χ4n) is 16.1. The number of nitrogens with zero attached hydrogens (tertiary/aromatic N) is 9. The first kappa shape index (κ1) is 79.6. The maximum Gasteiger partial charge on any atom is 0.417 e. The minimum absolute atomic E-state index is 0.0250. The average Bonchev–Trinajstić information content (AvgIpc) is 1.76. The molecule has 1 aromatic carbocycles. The van der Waals surface area contributed by atoms with Crippen molar-refractivity contribution >= 4 is 82.5 Å². The van der Waals surface area contributed by atoms with Crippen LogP contribution in [0.1, 0.15) is 193 Å². The molecule has 101 heavy (non-hydrogen) atoms. The summed E-state index contributed by atoms with van der Waals surface area (Å²) < 4.78 is 41.7. The number of rotatable bonds is 11. The van der Waals surface area contributed by atoms with Gasteiger partial charge in [0, 0.05) is 68.5 Å². The molecule has 3 N–H and O–H groups in total. The van der Waals surface area contributed by atoms with E-state index in [-0.39, 0.29) is 82.2 Å². The third kappa shape index (κ3) is 18.5. The summed E-state index contributed by atoms with van der Waals surface area (Å²) in [5.41, 5.74) is -2.32. The third-order valence-corrected chi connectivity index (χ3v) is 23.4. The van der Waals surface area contributed by atoms with Gasteiger partial charge in [0.2, 0.25) is 70.9 Å². The van der Waals surface area contributed by atoms with Crippen LogP contribution in [0.5, 0.6) is 0 Å². The number of piperidine rings is 1. The van der Waals surface area contributed by atoms with Crippen molar-refractivity contribution in [2.45, 2.75) is 255 Å². The molecule has 12 amide bonds. The Morgan fingerprint density at radius 1 is 0.634 bits per heavy atom. The summed E-state index contributed by atoms with van der Waals surface area (Å²) in [4.78, 5) is 193. The van der Waals surface area contributed by atoms with E-state index in [1.165, 1.54) is 89.6 Å². The monoisotopic (exact) mass is 1440 g/mol. The molecule has 4 saturated heterocycles. The highest BCUT2D eigenvalue weighted by atomic mass is 35.5. The molecule has 7 fully saturated rings. The average molecular weight is 1440 g/mol. The second-order valence-electron chi connectivity index (χ2n) is 30.4. The predicted octanol–water partition coefficient (Wildman–Crippen LogP) is 6.17. The number of halogens is 4. The standard InChI is InChI=1S/C73H110ClF3N12O12/c1-12-45(4)60-69(99)82(7)46(5)64(94)89-38-32-54(89)67(97)84(9)56(41-47-23-15-13-16-24-47)66(96)81(6)43-58(90)78-52(31-29-48-28-30-50(51(74)40-48)73(75,76)77)65(95)88-37-22-27-53(88)63(93)80-72(33-17-18-34-72)71(101)86(11)61(49-25-21-26-49)70(100)85(10)57(68(98)87-35-19-14-20-36-87)42-59(91)83(8)55(39-44(2)3)62(92)79-60/h28,30,40,44-47,49,52-57,60-61H,12-27,29,31-39,41-43H2,1-11H3,(H,78,90)(H,79,92)(H,80,93)/t45-,46-,52-,53-,54-,55-,56-,57-,60-,61-/m0/s1. The van der Waals surface area contributed by atoms with Crippen LogP contribution in [-0.2, 0) is 70.1 Å². The van der Waals surface area contributed by atoms with Crippen LogP contribution < -0.4 is 16.0 Å². The first-order valence-corrected chi connectivity index (χ1v) is 37.3. The maximum absolute atomic E-state index is 15.6. The van der Waals surface area contributed by atoms with Crippen LogP contribution in [0.3, 0.4) is 0 Å². The summed E-state index contributed by atoms with van der Waals surface area (Å²) in [5.74, 6) is -8.43. The molecule has 3 saturated carbocycles. The minimum Gasteiger partial charge on any atom is -0.343 e. The van der Waals surface area contributed by atoms with Crippen molar-refractivity contribution in [2.24, 2.45) is 23.7 Å². The van der Waals surface area contributed by atoms with Crippen LogP contribution in [0, 0.1) is 23.7 Å². The van der Waals surface area contributed by atoms with Crippen molar-refractivity contribution in [1.29, 1.82) is 0 Å². The number of alkyl halides is 3. The molecule has 0 unspecified atom stereocenters. The Kier molecular flexibility index (Phi) is 27.2. The number of likely N-dealkylation sites (N-methyl/N-ethyl adjacent to an activating group) is 6. The fraction of sp³-hybridized carbons (Fsp3) is 0.753. The predicted molar refractivity (Wildman–Crippen MR) is 371 cm³/mol. The molecule has 28 heteroatoms. The highest BCUT2D eigenvalue weighted by Gasteiger charge is 2.53. The van der Waals surface area contributed by atoms with Crippen molar-refractivity contribution in [2.75, 3.05) is 75.0 Å². The molecule has 8 rings (SSSR count). The highest BCUT2D eigenvalue weighted by molar-refractivity contribution is 6.31. The van der Waals surface area contributed by atoms with Crippen molar-refractivity contribution in [3.8, 4) is 0 Å². The number of carbonyl (C=O) groups excluding carboxylic acids is 12. The van der Waals surface area contributed by atoms with Gasteiger partial charge in [-0.1, -0.05) is 103 Å². The van der Waals surface area contributed by atoms with Crippen LogP contribution in [0.25, 0.3) is 0 Å². The topological polar surface area (TPSA) is 270 Å². The first-order valence-electron chi connectivity index (χ1n) is 37.0. The SMILES string of the molecule is CC[C@H](C)[C@@H]1NC(=O)[C@H](CC(C)C)N(C)C(=O)C[C@@H](C(=O)N2CCCCC2)N(C)C(=O)[C@H](C2CCC2)N(C)C(=O)C2(CCCC2)NC(=O)[C@@H]2CCCN2C(=O)[C@H](CCc2ccc(C(F)(F)F)c(Cl)c2)NC(=O)CN(C)C(=O)[C@H](CC2CCCCC2)N(C)C(=O)[C@@H]2CCN2C(=O)[C@H](C)N(C)C1=O. The van der Waals surface area contributed by atoms with E-state index in [0.717, 1.165) is 62.0 Å². The molecule has 0 aromatic heterocycles. The smallest absolute Gasteiger partial charge is 0.343 e. The van der Waals surface area contributed by atoms with Crippen molar-refractivity contribution in [3.63, 3.8) is 0 Å². The Hall–Kier alpha value is -7.06. The minimum atomic E-state index is -4.76.